The van der Waals surface area contributed by atoms with Crippen LogP contribution in [0.15, 0.2) is 29.1 Å². The Morgan fingerprint density at radius 3 is 2.64 bits per heavy atom. The first-order valence-electron chi connectivity index (χ1n) is 11.1. The SMILES string of the molecule is COC(=O)C1COCCN1c1ccc(-n2c(NC(C)C)nc3c(c2=O)CCN(C=O)C3)cc1. The Morgan fingerprint density at radius 1 is 1.24 bits per heavy atom. The van der Waals surface area contributed by atoms with Gasteiger partial charge in [-0.3, -0.25) is 9.59 Å². The molecular weight excluding hydrogens is 426 g/mol. The largest absolute Gasteiger partial charge is 0.467 e. The zero-order chi connectivity index (χ0) is 23.5. The molecule has 1 N–H and O–H groups in total. The van der Waals surface area contributed by atoms with E-state index in [2.05, 4.69) is 5.32 Å². The summed E-state index contributed by atoms with van der Waals surface area (Å²) in [5.74, 6) is 0.0923. The van der Waals surface area contributed by atoms with Crippen molar-refractivity contribution in [3.63, 3.8) is 0 Å². The molecule has 1 unspecified atom stereocenters. The van der Waals surface area contributed by atoms with E-state index >= 15 is 0 Å². The average Bonchev–Trinajstić information content (AvgIpc) is 2.83. The minimum Gasteiger partial charge on any atom is -0.467 e. The molecule has 0 aliphatic carbocycles. The van der Waals surface area contributed by atoms with Gasteiger partial charge in [0.25, 0.3) is 5.56 Å². The van der Waals surface area contributed by atoms with Gasteiger partial charge < -0.3 is 24.6 Å². The lowest BCUT2D eigenvalue weighted by Gasteiger charge is -2.35. The predicted octanol–water partition coefficient (Wildman–Crippen LogP) is 0.946. The molecule has 1 saturated heterocycles. The number of hydrogen-bond donors (Lipinski definition) is 1. The second kappa shape index (κ2) is 9.62. The van der Waals surface area contributed by atoms with Crippen LogP contribution in [0.5, 0.6) is 0 Å². The number of carbonyl (C=O) groups is 2. The fraction of sp³-hybridized carbons (Fsp3) is 0.478. The molecule has 0 bridgehead atoms. The zero-order valence-corrected chi connectivity index (χ0v) is 19.1. The van der Waals surface area contributed by atoms with Crippen molar-refractivity contribution >= 4 is 24.0 Å². The molecular formula is C23H29N5O5. The standard InChI is InChI=1S/C23H29N5O5/c1-15(2)24-23-25-19-12-26(14-29)9-8-18(19)21(30)28(23)17-6-4-16(5-7-17)27-10-11-33-13-20(27)22(31)32-3/h4-7,14-15,20H,8-13H2,1-3H3,(H,24,25). The number of carbonyl (C=O) groups excluding carboxylic acids is 2. The van der Waals surface area contributed by atoms with Gasteiger partial charge in [0.1, 0.15) is 0 Å². The van der Waals surface area contributed by atoms with E-state index in [4.69, 9.17) is 14.5 Å². The number of benzene rings is 1. The lowest BCUT2D eigenvalue weighted by molar-refractivity contribution is -0.144. The number of methoxy groups -OCH3 is 1. The van der Waals surface area contributed by atoms with E-state index in [-0.39, 0.29) is 24.2 Å². The summed E-state index contributed by atoms with van der Waals surface area (Å²) >= 11 is 0. The molecule has 176 valence electrons. The maximum absolute atomic E-state index is 13.5. The van der Waals surface area contributed by atoms with Crippen molar-refractivity contribution in [3.05, 3.63) is 45.9 Å². The van der Waals surface area contributed by atoms with Gasteiger partial charge in [-0.15, -0.1) is 0 Å². The number of aromatic nitrogens is 2. The van der Waals surface area contributed by atoms with Crippen LogP contribution in [-0.2, 0) is 32.0 Å². The maximum atomic E-state index is 13.5. The number of nitrogens with zero attached hydrogens (tertiary/aromatic N) is 4. The van der Waals surface area contributed by atoms with Gasteiger partial charge in [0.15, 0.2) is 6.04 Å². The van der Waals surface area contributed by atoms with Gasteiger partial charge in [0.2, 0.25) is 12.4 Å². The van der Waals surface area contributed by atoms with Crippen molar-refractivity contribution in [2.24, 2.45) is 0 Å². The van der Waals surface area contributed by atoms with Gasteiger partial charge in [0, 0.05) is 30.4 Å². The average molecular weight is 456 g/mol. The summed E-state index contributed by atoms with van der Waals surface area (Å²) in [5, 5.41) is 3.26. The minimum absolute atomic E-state index is 0.0559. The van der Waals surface area contributed by atoms with Crippen LogP contribution in [0.4, 0.5) is 11.6 Å². The molecule has 1 amide bonds. The highest BCUT2D eigenvalue weighted by Crippen LogP contribution is 2.24. The molecule has 10 nitrogen and oxygen atoms in total. The van der Waals surface area contributed by atoms with Crippen LogP contribution in [0.1, 0.15) is 25.1 Å². The van der Waals surface area contributed by atoms with Crippen molar-refractivity contribution in [1.82, 2.24) is 14.5 Å². The number of nitrogens with one attached hydrogen (secondary N) is 1. The molecule has 0 saturated carbocycles. The normalized spacial score (nSPS) is 18.1. The molecule has 3 heterocycles. The van der Waals surface area contributed by atoms with Crippen LogP contribution in [0.3, 0.4) is 0 Å². The third-order valence-electron chi connectivity index (χ3n) is 5.87. The molecule has 2 aromatic rings. The number of anilines is 2. The molecule has 1 aromatic carbocycles. The first-order valence-corrected chi connectivity index (χ1v) is 11.1. The number of morpholine rings is 1. The first kappa shape index (κ1) is 22.8. The quantitative estimate of drug-likeness (QED) is 0.507. The minimum atomic E-state index is -0.512. The Labute approximate surface area is 192 Å². The summed E-state index contributed by atoms with van der Waals surface area (Å²) < 4.78 is 12.0. The van der Waals surface area contributed by atoms with Gasteiger partial charge in [-0.2, -0.15) is 0 Å². The Hall–Kier alpha value is -3.40. The number of amides is 1. The van der Waals surface area contributed by atoms with Gasteiger partial charge in [-0.25, -0.2) is 14.3 Å². The summed E-state index contributed by atoms with van der Waals surface area (Å²) in [4.78, 5) is 45.1. The number of fused-ring (bicyclic) bond motifs is 1. The Bertz CT molecular complexity index is 1080. The molecule has 10 heteroatoms. The van der Waals surface area contributed by atoms with E-state index < -0.39 is 6.04 Å². The van der Waals surface area contributed by atoms with E-state index in [9.17, 15) is 14.4 Å². The van der Waals surface area contributed by atoms with Crippen LogP contribution in [0, 0.1) is 0 Å². The fourth-order valence-electron chi connectivity index (χ4n) is 4.23. The van der Waals surface area contributed by atoms with Crippen molar-refractivity contribution in [2.75, 3.05) is 43.6 Å². The summed E-state index contributed by atoms with van der Waals surface area (Å²) in [6, 6.07) is 7.01. The van der Waals surface area contributed by atoms with Crippen molar-refractivity contribution in [1.29, 1.82) is 0 Å². The Balaban J connectivity index is 1.72. The second-order valence-electron chi connectivity index (χ2n) is 8.45. The van der Waals surface area contributed by atoms with Crippen molar-refractivity contribution in [3.8, 4) is 5.69 Å². The van der Waals surface area contributed by atoms with Gasteiger partial charge in [0.05, 0.1) is 38.2 Å². The van der Waals surface area contributed by atoms with Crippen molar-refractivity contribution < 1.29 is 19.1 Å². The number of hydrogen-bond acceptors (Lipinski definition) is 8. The van der Waals surface area contributed by atoms with Crippen LogP contribution in [-0.4, -0.2) is 72.3 Å². The van der Waals surface area contributed by atoms with E-state index in [1.165, 1.54) is 7.11 Å². The summed E-state index contributed by atoms with van der Waals surface area (Å²) in [6.07, 6.45) is 1.26. The smallest absolute Gasteiger partial charge is 0.330 e. The molecule has 1 atom stereocenters. The number of rotatable bonds is 6. The highest BCUT2D eigenvalue weighted by Gasteiger charge is 2.30. The monoisotopic (exact) mass is 455 g/mol. The Morgan fingerprint density at radius 2 is 1.97 bits per heavy atom. The van der Waals surface area contributed by atoms with Crippen LogP contribution >= 0.6 is 0 Å². The Kier molecular flexibility index (Phi) is 6.64. The van der Waals surface area contributed by atoms with Gasteiger partial charge in [-0.1, -0.05) is 0 Å². The highest BCUT2D eigenvalue weighted by molar-refractivity contribution is 5.80. The number of ether oxygens (including phenoxy) is 2. The molecule has 33 heavy (non-hydrogen) atoms. The van der Waals surface area contributed by atoms with E-state index in [0.717, 1.165) is 12.1 Å². The molecule has 1 aromatic heterocycles. The van der Waals surface area contributed by atoms with Crippen LogP contribution in [0.25, 0.3) is 5.69 Å². The molecule has 2 aliphatic rings. The van der Waals surface area contributed by atoms with E-state index in [0.29, 0.717) is 55.6 Å². The fourth-order valence-corrected chi connectivity index (χ4v) is 4.23. The van der Waals surface area contributed by atoms with Crippen LogP contribution < -0.4 is 15.8 Å². The number of esters is 1. The molecule has 2 aliphatic heterocycles. The van der Waals surface area contributed by atoms with Gasteiger partial charge in [-0.05, 0) is 44.5 Å². The first-order chi connectivity index (χ1) is 15.9. The van der Waals surface area contributed by atoms with E-state index in [1.54, 1.807) is 9.47 Å². The van der Waals surface area contributed by atoms with Gasteiger partial charge >= 0.3 is 5.97 Å². The maximum Gasteiger partial charge on any atom is 0.330 e. The second-order valence-corrected chi connectivity index (χ2v) is 8.45. The molecule has 0 radical (unpaired) electrons. The van der Waals surface area contributed by atoms with E-state index in [1.807, 2.05) is 43.0 Å². The summed E-state index contributed by atoms with van der Waals surface area (Å²) in [5.41, 5.74) is 2.63. The predicted molar refractivity (Wildman–Crippen MR) is 123 cm³/mol. The third kappa shape index (κ3) is 4.56. The molecule has 1 fully saturated rings. The lowest BCUT2D eigenvalue weighted by atomic mass is 10.1. The highest BCUT2D eigenvalue weighted by atomic mass is 16.5. The lowest BCUT2D eigenvalue weighted by Crippen LogP contribution is -2.50. The topological polar surface area (TPSA) is 106 Å². The summed E-state index contributed by atoms with van der Waals surface area (Å²) in [7, 11) is 1.37. The molecule has 4 rings (SSSR count). The van der Waals surface area contributed by atoms with Crippen molar-refractivity contribution in [2.45, 2.75) is 38.9 Å². The zero-order valence-electron chi connectivity index (χ0n) is 19.1. The third-order valence-corrected chi connectivity index (χ3v) is 5.87. The molecule has 0 spiro atoms. The van der Waals surface area contributed by atoms with Crippen LogP contribution in [0.2, 0.25) is 0 Å². The summed E-state index contributed by atoms with van der Waals surface area (Å²) in [6.45, 7) is 6.12.